The van der Waals surface area contributed by atoms with E-state index in [-0.39, 0.29) is 5.91 Å². The number of aryl methyl sites for hydroxylation is 2. The molecular formula is C20H25N5O2. The highest BCUT2D eigenvalue weighted by molar-refractivity contribution is 5.88. The van der Waals surface area contributed by atoms with E-state index in [1.165, 1.54) is 18.1 Å². The topological polar surface area (TPSA) is 81.1 Å². The number of ether oxygens (including phenoxy) is 1. The molecule has 2 heterocycles. The fourth-order valence-corrected chi connectivity index (χ4v) is 2.83. The minimum absolute atomic E-state index is 0.0470. The van der Waals surface area contributed by atoms with Crippen molar-refractivity contribution in [3.8, 4) is 0 Å². The molecule has 2 N–H and O–H groups in total. The number of hydrogen-bond donors (Lipinski definition) is 2. The van der Waals surface area contributed by atoms with Crippen molar-refractivity contribution in [3.05, 3.63) is 47.9 Å². The van der Waals surface area contributed by atoms with Crippen LogP contribution in [0.1, 0.15) is 18.1 Å². The van der Waals surface area contributed by atoms with Crippen molar-refractivity contribution in [1.29, 1.82) is 0 Å². The SMILES string of the molecule is CC(=O)NCCOCCn1ccc2ncnc(Nc3ccc(C)c(C)c3)c21. The van der Waals surface area contributed by atoms with Gasteiger partial charge in [0.2, 0.25) is 5.91 Å². The van der Waals surface area contributed by atoms with Gasteiger partial charge in [0.25, 0.3) is 0 Å². The number of fused-ring (bicyclic) bond motifs is 1. The largest absolute Gasteiger partial charge is 0.378 e. The quantitative estimate of drug-likeness (QED) is 0.598. The lowest BCUT2D eigenvalue weighted by Gasteiger charge is -2.12. The molecule has 7 nitrogen and oxygen atoms in total. The third-order valence-electron chi connectivity index (χ3n) is 4.42. The van der Waals surface area contributed by atoms with Gasteiger partial charge >= 0.3 is 0 Å². The van der Waals surface area contributed by atoms with E-state index >= 15 is 0 Å². The summed E-state index contributed by atoms with van der Waals surface area (Å²) in [5.74, 6) is 0.723. The number of amides is 1. The Kier molecular flexibility index (Phi) is 6.03. The molecule has 0 aliphatic carbocycles. The average Bonchev–Trinajstić information content (AvgIpc) is 3.05. The van der Waals surface area contributed by atoms with Crippen LogP contribution in [0.3, 0.4) is 0 Å². The normalized spacial score (nSPS) is 10.9. The van der Waals surface area contributed by atoms with E-state index in [1.54, 1.807) is 6.33 Å². The first kappa shape index (κ1) is 18.8. The average molecular weight is 367 g/mol. The molecule has 0 aliphatic heterocycles. The Morgan fingerprint density at radius 3 is 2.78 bits per heavy atom. The van der Waals surface area contributed by atoms with Gasteiger partial charge in [-0.3, -0.25) is 4.79 Å². The second-order valence-corrected chi connectivity index (χ2v) is 6.48. The highest BCUT2D eigenvalue weighted by atomic mass is 16.5. The summed E-state index contributed by atoms with van der Waals surface area (Å²) < 4.78 is 7.68. The number of hydrogen-bond acceptors (Lipinski definition) is 5. The maximum atomic E-state index is 10.8. The molecule has 0 aliphatic rings. The Morgan fingerprint density at radius 2 is 2.00 bits per heavy atom. The summed E-state index contributed by atoms with van der Waals surface area (Å²) in [7, 11) is 0. The van der Waals surface area contributed by atoms with Gasteiger partial charge in [-0.2, -0.15) is 0 Å². The molecule has 1 aromatic carbocycles. The Balaban J connectivity index is 1.70. The van der Waals surface area contributed by atoms with Crippen molar-refractivity contribution in [3.63, 3.8) is 0 Å². The predicted octanol–water partition coefficient (Wildman–Crippen LogP) is 2.94. The number of aromatic nitrogens is 3. The number of anilines is 2. The molecule has 27 heavy (non-hydrogen) atoms. The fraction of sp³-hybridized carbons (Fsp3) is 0.350. The van der Waals surface area contributed by atoms with Crippen LogP contribution >= 0.6 is 0 Å². The van der Waals surface area contributed by atoms with Crippen molar-refractivity contribution >= 4 is 28.4 Å². The van der Waals surface area contributed by atoms with Gasteiger partial charge in [-0.25, -0.2) is 9.97 Å². The highest BCUT2D eigenvalue weighted by Crippen LogP contribution is 2.25. The smallest absolute Gasteiger partial charge is 0.216 e. The lowest BCUT2D eigenvalue weighted by molar-refractivity contribution is -0.119. The van der Waals surface area contributed by atoms with E-state index in [0.29, 0.717) is 26.3 Å². The number of nitrogens with zero attached hydrogens (tertiary/aromatic N) is 3. The minimum atomic E-state index is -0.0470. The van der Waals surface area contributed by atoms with E-state index in [0.717, 1.165) is 22.5 Å². The molecule has 0 saturated carbocycles. The lowest BCUT2D eigenvalue weighted by Crippen LogP contribution is -2.24. The zero-order chi connectivity index (χ0) is 19.2. The maximum absolute atomic E-state index is 10.8. The first-order chi connectivity index (χ1) is 13.0. The van der Waals surface area contributed by atoms with Gasteiger partial charge < -0.3 is 19.9 Å². The number of nitrogens with one attached hydrogen (secondary N) is 2. The number of carbonyl (C=O) groups is 1. The molecule has 0 unspecified atom stereocenters. The molecule has 142 valence electrons. The van der Waals surface area contributed by atoms with E-state index in [4.69, 9.17) is 4.74 Å². The van der Waals surface area contributed by atoms with Crippen LogP contribution in [0, 0.1) is 13.8 Å². The monoisotopic (exact) mass is 367 g/mol. The Hall–Kier alpha value is -2.93. The molecule has 0 fully saturated rings. The molecule has 0 spiro atoms. The first-order valence-electron chi connectivity index (χ1n) is 9.01. The van der Waals surface area contributed by atoms with Gasteiger partial charge in [0.15, 0.2) is 5.82 Å². The van der Waals surface area contributed by atoms with Crippen molar-refractivity contribution < 1.29 is 9.53 Å². The number of rotatable bonds is 8. The summed E-state index contributed by atoms with van der Waals surface area (Å²) in [4.78, 5) is 19.6. The maximum Gasteiger partial charge on any atom is 0.216 e. The lowest BCUT2D eigenvalue weighted by atomic mass is 10.1. The molecule has 2 aromatic heterocycles. The van der Waals surface area contributed by atoms with E-state index in [9.17, 15) is 4.79 Å². The van der Waals surface area contributed by atoms with Gasteiger partial charge in [0, 0.05) is 31.9 Å². The molecule has 7 heteroatoms. The molecule has 1 amide bonds. The van der Waals surface area contributed by atoms with Crippen molar-refractivity contribution in [2.45, 2.75) is 27.3 Å². The summed E-state index contributed by atoms with van der Waals surface area (Å²) in [6.45, 7) is 7.92. The van der Waals surface area contributed by atoms with Crippen LogP contribution in [-0.4, -0.2) is 40.2 Å². The zero-order valence-corrected chi connectivity index (χ0v) is 16.0. The standard InChI is InChI=1S/C20H25N5O2/c1-14-4-5-17(12-15(14)2)24-20-19-18(22-13-23-20)6-8-25(19)9-11-27-10-7-21-16(3)26/h4-6,8,12-13H,7,9-11H2,1-3H3,(H,21,26)(H,22,23,24). The summed E-state index contributed by atoms with van der Waals surface area (Å²) in [5.41, 5.74) is 5.31. The van der Waals surface area contributed by atoms with Gasteiger partial charge in [0.1, 0.15) is 11.8 Å². The van der Waals surface area contributed by atoms with Crippen molar-refractivity contribution in [2.24, 2.45) is 0 Å². The second-order valence-electron chi connectivity index (χ2n) is 6.48. The van der Waals surface area contributed by atoms with Crippen LogP contribution < -0.4 is 10.6 Å². The van der Waals surface area contributed by atoms with Crippen LogP contribution in [0.5, 0.6) is 0 Å². The molecule has 3 rings (SSSR count). The second kappa shape index (κ2) is 8.64. The molecule has 0 saturated heterocycles. The Bertz CT molecular complexity index is 935. The molecule has 0 atom stereocenters. The van der Waals surface area contributed by atoms with Crippen LogP contribution in [0.25, 0.3) is 11.0 Å². The van der Waals surface area contributed by atoms with Gasteiger partial charge in [-0.15, -0.1) is 0 Å². The summed E-state index contributed by atoms with van der Waals surface area (Å²) in [6.07, 6.45) is 3.56. The minimum Gasteiger partial charge on any atom is -0.378 e. The van der Waals surface area contributed by atoms with E-state index in [1.807, 2.05) is 12.3 Å². The fourth-order valence-electron chi connectivity index (χ4n) is 2.83. The third kappa shape index (κ3) is 4.83. The van der Waals surface area contributed by atoms with E-state index in [2.05, 4.69) is 57.2 Å². The van der Waals surface area contributed by atoms with Gasteiger partial charge in [0.05, 0.1) is 18.7 Å². The van der Waals surface area contributed by atoms with Crippen molar-refractivity contribution in [2.75, 3.05) is 25.1 Å². The predicted molar refractivity (Wildman–Crippen MR) is 106 cm³/mol. The summed E-state index contributed by atoms with van der Waals surface area (Å²) in [6, 6.07) is 8.23. The molecule has 3 aromatic rings. The van der Waals surface area contributed by atoms with Crippen LogP contribution in [-0.2, 0) is 16.1 Å². The van der Waals surface area contributed by atoms with Crippen LogP contribution in [0.4, 0.5) is 11.5 Å². The zero-order valence-electron chi connectivity index (χ0n) is 16.0. The molecule has 0 radical (unpaired) electrons. The number of carbonyl (C=O) groups excluding carboxylic acids is 1. The van der Waals surface area contributed by atoms with Gasteiger partial charge in [-0.1, -0.05) is 6.07 Å². The highest BCUT2D eigenvalue weighted by Gasteiger charge is 2.10. The van der Waals surface area contributed by atoms with Crippen LogP contribution in [0.15, 0.2) is 36.8 Å². The summed E-state index contributed by atoms with van der Waals surface area (Å²) >= 11 is 0. The van der Waals surface area contributed by atoms with Crippen molar-refractivity contribution in [1.82, 2.24) is 19.9 Å². The molecule has 0 bridgehead atoms. The Labute approximate surface area is 158 Å². The van der Waals surface area contributed by atoms with Gasteiger partial charge in [-0.05, 0) is 43.2 Å². The Morgan fingerprint density at radius 1 is 1.15 bits per heavy atom. The third-order valence-corrected chi connectivity index (χ3v) is 4.42. The van der Waals surface area contributed by atoms with Crippen LogP contribution in [0.2, 0.25) is 0 Å². The number of benzene rings is 1. The summed E-state index contributed by atoms with van der Waals surface area (Å²) in [5, 5.41) is 6.12. The molecular weight excluding hydrogens is 342 g/mol. The van der Waals surface area contributed by atoms with E-state index < -0.39 is 0 Å². The first-order valence-corrected chi connectivity index (χ1v) is 9.01.